The van der Waals surface area contributed by atoms with Crippen molar-refractivity contribution in [2.24, 2.45) is 0 Å². The van der Waals surface area contributed by atoms with E-state index < -0.39 is 0 Å². The molecule has 1 aromatic heterocycles. The van der Waals surface area contributed by atoms with Crippen LogP contribution < -0.4 is 4.74 Å². The molecule has 0 aliphatic carbocycles. The molecule has 0 unspecified atom stereocenters. The summed E-state index contributed by atoms with van der Waals surface area (Å²) in [6, 6.07) is 5.62. The van der Waals surface area contributed by atoms with Gasteiger partial charge in [0.2, 0.25) is 0 Å². The van der Waals surface area contributed by atoms with Crippen LogP contribution in [-0.2, 0) is 16.0 Å². The molecule has 0 N–H and O–H groups in total. The van der Waals surface area contributed by atoms with Gasteiger partial charge in [-0.25, -0.2) is 0 Å². The number of rotatable bonds is 2. The minimum Gasteiger partial charge on any atom is -0.488 e. The summed E-state index contributed by atoms with van der Waals surface area (Å²) in [6.07, 6.45) is 3.98. The zero-order valence-electron chi connectivity index (χ0n) is 11.4. The number of furan rings is 1. The first kappa shape index (κ1) is 13.8. The van der Waals surface area contributed by atoms with Crippen molar-refractivity contribution in [1.82, 2.24) is 0 Å². The summed E-state index contributed by atoms with van der Waals surface area (Å²) in [5.41, 5.74) is 4.03. The summed E-state index contributed by atoms with van der Waals surface area (Å²) in [5.74, 6) is 0.970. The van der Waals surface area contributed by atoms with E-state index in [2.05, 4.69) is 4.74 Å². The first-order valence-electron chi connectivity index (χ1n) is 6.43. The molecule has 4 nitrogen and oxygen atoms in total. The zero-order chi connectivity index (χ0) is 14.8. The Hall–Kier alpha value is -2.20. The Morgan fingerprint density at radius 1 is 1.38 bits per heavy atom. The lowest BCUT2D eigenvalue weighted by molar-refractivity contribution is -0.140. The fourth-order valence-corrected chi connectivity index (χ4v) is 2.31. The average Bonchev–Trinajstić information content (AvgIpc) is 2.75. The largest absolute Gasteiger partial charge is 0.488 e. The second-order valence-electron chi connectivity index (χ2n) is 4.70. The van der Waals surface area contributed by atoms with Crippen LogP contribution in [-0.4, -0.2) is 19.7 Å². The molecular formula is C16H13ClO4. The Bertz CT molecular complexity index is 755. The van der Waals surface area contributed by atoms with Crippen molar-refractivity contribution >= 4 is 34.6 Å². The van der Waals surface area contributed by atoms with Crippen LogP contribution in [0.4, 0.5) is 0 Å². The SMILES string of the molecule is COC(=O)Cc1cc2cc3c(cc2o1)OC/C(=C\Cl)C=C3. The van der Waals surface area contributed by atoms with E-state index in [1.54, 1.807) is 0 Å². The van der Waals surface area contributed by atoms with Crippen LogP contribution in [0.2, 0.25) is 0 Å². The van der Waals surface area contributed by atoms with E-state index in [9.17, 15) is 4.79 Å². The van der Waals surface area contributed by atoms with Gasteiger partial charge in [-0.05, 0) is 12.1 Å². The molecule has 0 fully saturated rings. The number of benzene rings is 1. The molecule has 3 rings (SSSR count). The van der Waals surface area contributed by atoms with Gasteiger partial charge in [-0.3, -0.25) is 4.79 Å². The van der Waals surface area contributed by atoms with Gasteiger partial charge in [-0.1, -0.05) is 23.8 Å². The molecule has 0 atom stereocenters. The minimum atomic E-state index is -0.330. The number of esters is 1. The van der Waals surface area contributed by atoms with Crippen molar-refractivity contribution in [2.75, 3.05) is 13.7 Å². The Morgan fingerprint density at radius 2 is 2.24 bits per heavy atom. The van der Waals surface area contributed by atoms with Gasteiger partial charge in [0.05, 0.1) is 7.11 Å². The van der Waals surface area contributed by atoms with Crippen molar-refractivity contribution in [3.8, 4) is 5.75 Å². The fraction of sp³-hybridized carbons (Fsp3) is 0.188. The fourth-order valence-electron chi connectivity index (χ4n) is 2.17. The number of carbonyl (C=O) groups excluding carboxylic acids is 1. The first-order chi connectivity index (χ1) is 10.2. The maximum absolute atomic E-state index is 11.3. The first-order valence-corrected chi connectivity index (χ1v) is 6.86. The van der Waals surface area contributed by atoms with Gasteiger partial charge < -0.3 is 13.9 Å². The normalized spacial score (nSPS) is 15.6. The van der Waals surface area contributed by atoms with E-state index in [-0.39, 0.29) is 12.4 Å². The lowest BCUT2D eigenvalue weighted by atomic mass is 10.1. The van der Waals surface area contributed by atoms with E-state index in [1.165, 1.54) is 12.6 Å². The molecular weight excluding hydrogens is 292 g/mol. The molecule has 2 heterocycles. The maximum Gasteiger partial charge on any atom is 0.313 e. The predicted octanol–water partition coefficient (Wildman–Crippen LogP) is 3.68. The summed E-state index contributed by atoms with van der Waals surface area (Å²) >= 11 is 5.71. The van der Waals surface area contributed by atoms with Crippen LogP contribution in [0.25, 0.3) is 17.0 Å². The van der Waals surface area contributed by atoms with E-state index in [4.69, 9.17) is 20.8 Å². The van der Waals surface area contributed by atoms with Crippen molar-refractivity contribution in [1.29, 1.82) is 0 Å². The van der Waals surface area contributed by atoms with Crippen LogP contribution in [0.3, 0.4) is 0 Å². The number of carbonyl (C=O) groups is 1. The third-order valence-electron chi connectivity index (χ3n) is 3.26. The van der Waals surface area contributed by atoms with Crippen molar-refractivity contribution in [2.45, 2.75) is 6.42 Å². The van der Waals surface area contributed by atoms with Crippen LogP contribution in [0.15, 0.2) is 39.8 Å². The average molecular weight is 305 g/mol. The van der Waals surface area contributed by atoms with Gasteiger partial charge in [-0.2, -0.15) is 0 Å². The molecule has 0 amide bonds. The molecule has 0 bridgehead atoms. The molecule has 5 heteroatoms. The topological polar surface area (TPSA) is 48.7 Å². The predicted molar refractivity (Wildman–Crippen MR) is 80.4 cm³/mol. The molecule has 108 valence electrons. The number of hydrogen-bond donors (Lipinski definition) is 0. The van der Waals surface area contributed by atoms with Crippen LogP contribution in [0.1, 0.15) is 11.3 Å². The van der Waals surface area contributed by atoms with E-state index >= 15 is 0 Å². The number of fused-ring (bicyclic) bond motifs is 2. The highest BCUT2D eigenvalue weighted by Crippen LogP contribution is 2.31. The summed E-state index contributed by atoms with van der Waals surface area (Å²) in [5, 5.41) is 0.916. The number of ether oxygens (including phenoxy) is 2. The van der Waals surface area contributed by atoms with E-state index in [0.717, 1.165) is 22.3 Å². The lowest BCUT2D eigenvalue weighted by Gasteiger charge is -2.06. The van der Waals surface area contributed by atoms with Gasteiger partial charge in [0, 0.05) is 28.1 Å². The monoisotopic (exact) mass is 304 g/mol. The molecule has 2 aromatic rings. The number of methoxy groups -OCH3 is 1. The summed E-state index contributed by atoms with van der Waals surface area (Å²) in [4.78, 5) is 11.3. The summed E-state index contributed by atoms with van der Waals surface area (Å²) in [7, 11) is 1.35. The summed E-state index contributed by atoms with van der Waals surface area (Å²) in [6.45, 7) is 0.411. The van der Waals surface area contributed by atoms with Gasteiger partial charge in [0.25, 0.3) is 0 Å². The van der Waals surface area contributed by atoms with Crippen molar-refractivity contribution in [3.63, 3.8) is 0 Å². The van der Waals surface area contributed by atoms with Gasteiger partial charge in [0.1, 0.15) is 30.1 Å². The van der Waals surface area contributed by atoms with Gasteiger partial charge in [-0.15, -0.1) is 0 Å². The van der Waals surface area contributed by atoms with Gasteiger partial charge >= 0.3 is 5.97 Å². The highest BCUT2D eigenvalue weighted by atomic mass is 35.5. The third-order valence-corrected chi connectivity index (χ3v) is 3.54. The molecule has 0 saturated heterocycles. The smallest absolute Gasteiger partial charge is 0.313 e. The highest BCUT2D eigenvalue weighted by Gasteiger charge is 2.13. The summed E-state index contributed by atoms with van der Waals surface area (Å²) < 4.78 is 16.0. The Morgan fingerprint density at radius 3 is 3.00 bits per heavy atom. The third kappa shape index (κ3) is 2.81. The standard InChI is InChI=1S/C16H13ClO4/c1-19-16(18)6-13-5-12-4-11-3-2-10(8-17)9-20-14(11)7-15(12)21-13/h2-5,7-8H,6,9H2,1H3/b10-8-. The molecule has 0 spiro atoms. The lowest BCUT2D eigenvalue weighted by Crippen LogP contribution is -2.03. The zero-order valence-corrected chi connectivity index (χ0v) is 12.1. The number of halogens is 1. The second-order valence-corrected chi connectivity index (χ2v) is 4.92. The molecule has 1 aromatic carbocycles. The Kier molecular flexibility index (Phi) is 3.71. The quantitative estimate of drug-likeness (QED) is 0.794. The molecule has 0 saturated carbocycles. The van der Waals surface area contributed by atoms with Gasteiger partial charge in [0.15, 0.2) is 0 Å². The molecule has 1 aliphatic rings. The molecule has 0 radical (unpaired) electrons. The van der Waals surface area contributed by atoms with E-state index in [1.807, 2.05) is 30.4 Å². The molecule has 21 heavy (non-hydrogen) atoms. The van der Waals surface area contributed by atoms with Crippen LogP contribution in [0.5, 0.6) is 5.75 Å². The van der Waals surface area contributed by atoms with E-state index in [0.29, 0.717) is 18.0 Å². The van der Waals surface area contributed by atoms with Crippen LogP contribution in [0, 0.1) is 0 Å². The van der Waals surface area contributed by atoms with Crippen LogP contribution >= 0.6 is 11.6 Å². The minimum absolute atomic E-state index is 0.117. The molecule has 1 aliphatic heterocycles. The maximum atomic E-state index is 11.3. The highest BCUT2D eigenvalue weighted by molar-refractivity contribution is 6.25. The Balaban J connectivity index is 1.99. The van der Waals surface area contributed by atoms with Crippen molar-refractivity contribution < 1.29 is 18.7 Å². The Labute approximate surface area is 126 Å². The number of hydrogen-bond acceptors (Lipinski definition) is 4. The van der Waals surface area contributed by atoms with Crippen molar-refractivity contribution in [3.05, 3.63) is 46.7 Å². The second kappa shape index (κ2) is 5.66.